The Bertz CT molecular complexity index is 330. The van der Waals surface area contributed by atoms with E-state index in [9.17, 15) is 13.6 Å². The number of pyridine rings is 1. The lowest BCUT2D eigenvalue weighted by Gasteiger charge is -2.08. The van der Waals surface area contributed by atoms with Crippen LogP contribution in [0.2, 0.25) is 0 Å². The van der Waals surface area contributed by atoms with Crippen molar-refractivity contribution in [1.82, 2.24) is 4.98 Å². The molecule has 76 valence electrons. The summed E-state index contributed by atoms with van der Waals surface area (Å²) in [6, 6.07) is 2.48. The van der Waals surface area contributed by atoms with Gasteiger partial charge in [0.1, 0.15) is 5.69 Å². The van der Waals surface area contributed by atoms with Crippen LogP contribution in [0.15, 0.2) is 18.3 Å². The minimum atomic E-state index is -2.98. The lowest BCUT2D eigenvalue weighted by atomic mass is 10.1. The molecule has 0 saturated carbocycles. The van der Waals surface area contributed by atoms with Crippen LogP contribution in [0.25, 0.3) is 0 Å². The summed E-state index contributed by atoms with van der Waals surface area (Å²) in [4.78, 5) is 13.8. The molecule has 1 aromatic rings. The van der Waals surface area contributed by atoms with Gasteiger partial charge in [0.2, 0.25) is 0 Å². The van der Waals surface area contributed by atoms with Gasteiger partial charge in [0, 0.05) is 13.1 Å². The first-order chi connectivity index (χ1) is 6.39. The Labute approximate surface area is 79.4 Å². The summed E-state index contributed by atoms with van der Waals surface area (Å²) in [5, 5.41) is 8.42. The Morgan fingerprint density at radius 2 is 2.21 bits per heavy atom. The van der Waals surface area contributed by atoms with Crippen LogP contribution < -0.4 is 0 Å². The van der Waals surface area contributed by atoms with Crippen LogP contribution in [0.1, 0.15) is 18.2 Å². The molecule has 0 aliphatic heterocycles. The van der Waals surface area contributed by atoms with Crippen molar-refractivity contribution in [3.63, 3.8) is 0 Å². The number of hydrogen-bond acceptors (Lipinski definition) is 2. The second kappa shape index (κ2) is 3.69. The second-order valence-electron chi connectivity index (χ2n) is 3.01. The highest BCUT2D eigenvalue weighted by atomic mass is 19.3. The van der Waals surface area contributed by atoms with E-state index in [2.05, 4.69) is 4.98 Å². The normalized spacial score (nSPS) is 11.4. The zero-order valence-electron chi connectivity index (χ0n) is 7.50. The van der Waals surface area contributed by atoms with Crippen LogP contribution in [0.5, 0.6) is 0 Å². The molecule has 0 aliphatic carbocycles. The summed E-state index contributed by atoms with van der Waals surface area (Å²) < 4.78 is 25.3. The van der Waals surface area contributed by atoms with Gasteiger partial charge >= 0.3 is 5.97 Å². The topological polar surface area (TPSA) is 50.2 Å². The van der Waals surface area contributed by atoms with E-state index in [1.165, 1.54) is 6.07 Å². The first kappa shape index (κ1) is 10.6. The van der Waals surface area contributed by atoms with E-state index in [-0.39, 0.29) is 12.1 Å². The number of alkyl halides is 2. The average molecular weight is 201 g/mol. The zero-order valence-corrected chi connectivity index (χ0v) is 7.50. The number of nitrogens with zero attached hydrogens (tertiary/aromatic N) is 1. The first-order valence-corrected chi connectivity index (χ1v) is 3.94. The van der Waals surface area contributed by atoms with Crippen molar-refractivity contribution in [3.8, 4) is 0 Å². The highest BCUT2D eigenvalue weighted by molar-refractivity contribution is 5.69. The molecule has 1 heterocycles. The van der Waals surface area contributed by atoms with Crippen LogP contribution in [0.3, 0.4) is 0 Å². The lowest BCUT2D eigenvalue weighted by molar-refractivity contribution is -0.136. The fraction of sp³-hybridized carbons (Fsp3) is 0.333. The van der Waals surface area contributed by atoms with Crippen molar-refractivity contribution in [2.45, 2.75) is 19.3 Å². The molecule has 3 nitrogen and oxygen atoms in total. The summed E-state index contributed by atoms with van der Waals surface area (Å²) in [5.41, 5.74) is 0.0529. The van der Waals surface area contributed by atoms with E-state index >= 15 is 0 Å². The predicted molar refractivity (Wildman–Crippen MR) is 45.1 cm³/mol. The molecule has 1 N–H and O–H groups in total. The van der Waals surface area contributed by atoms with E-state index in [1.807, 2.05) is 0 Å². The maximum absolute atomic E-state index is 12.7. The van der Waals surface area contributed by atoms with Crippen LogP contribution in [-0.4, -0.2) is 16.1 Å². The van der Waals surface area contributed by atoms with Crippen molar-refractivity contribution in [3.05, 3.63) is 29.6 Å². The number of aliphatic carboxylic acids is 1. The molecule has 0 bridgehead atoms. The van der Waals surface area contributed by atoms with E-state index in [0.717, 1.165) is 19.2 Å². The minimum Gasteiger partial charge on any atom is -0.481 e. The van der Waals surface area contributed by atoms with Gasteiger partial charge in [-0.3, -0.25) is 9.78 Å². The fourth-order valence-corrected chi connectivity index (χ4v) is 0.963. The van der Waals surface area contributed by atoms with Crippen molar-refractivity contribution < 1.29 is 18.7 Å². The Morgan fingerprint density at radius 1 is 1.57 bits per heavy atom. The lowest BCUT2D eigenvalue weighted by Crippen LogP contribution is -2.10. The summed E-state index contributed by atoms with van der Waals surface area (Å²) in [6.07, 6.45) is 0.948. The number of carboxylic acids is 1. The molecule has 5 heteroatoms. The molecule has 1 rings (SSSR count). The molecule has 0 aliphatic rings. The van der Waals surface area contributed by atoms with Gasteiger partial charge in [-0.2, -0.15) is 8.78 Å². The molecular formula is C9H9F2NO2. The van der Waals surface area contributed by atoms with Gasteiger partial charge in [-0.05, 0) is 11.6 Å². The van der Waals surface area contributed by atoms with Crippen LogP contribution in [-0.2, 0) is 17.1 Å². The van der Waals surface area contributed by atoms with Gasteiger partial charge in [-0.25, -0.2) is 0 Å². The summed E-state index contributed by atoms with van der Waals surface area (Å²) >= 11 is 0. The third-order valence-electron chi connectivity index (χ3n) is 1.63. The number of carbonyl (C=O) groups is 1. The third kappa shape index (κ3) is 2.76. The largest absolute Gasteiger partial charge is 0.481 e. The smallest absolute Gasteiger partial charge is 0.307 e. The number of hydrogen-bond donors (Lipinski definition) is 1. The molecule has 0 unspecified atom stereocenters. The van der Waals surface area contributed by atoms with Crippen molar-refractivity contribution in [1.29, 1.82) is 0 Å². The minimum absolute atomic E-state index is 0.206. The molecule has 0 amide bonds. The van der Waals surface area contributed by atoms with Crippen molar-refractivity contribution in [2.24, 2.45) is 0 Å². The molecule has 1 aromatic heterocycles. The molecule has 0 spiro atoms. The summed E-state index contributed by atoms with van der Waals surface area (Å²) in [7, 11) is 0. The SMILES string of the molecule is CC(F)(F)c1ccc(CC(=O)O)cn1. The molecule has 0 saturated heterocycles. The Morgan fingerprint density at radius 3 is 2.57 bits per heavy atom. The van der Waals surface area contributed by atoms with Gasteiger partial charge < -0.3 is 5.11 Å². The highest BCUT2D eigenvalue weighted by Crippen LogP contribution is 2.24. The third-order valence-corrected chi connectivity index (χ3v) is 1.63. The molecule has 0 fully saturated rings. The predicted octanol–water partition coefficient (Wildman–Crippen LogP) is 1.82. The van der Waals surface area contributed by atoms with Gasteiger partial charge in [0.25, 0.3) is 5.92 Å². The zero-order chi connectivity index (χ0) is 10.8. The first-order valence-electron chi connectivity index (χ1n) is 3.94. The molecule has 0 aromatic carbocycles. The molecule has 14 heavy (non-hydrogen) atoms. The second-order valence-corrected chi connectivity index (χ2v) is 3.01. The van der Waals surface area contributed by atoms with Crippen molar-refractivity contribution >= 4 is 5.97 Å². The summed E-state index contributed by atoms with van der Waals surface area (Å²) in [5.74, 6) is -4.00. The van der Waals surface area contributed by atoms with Crippen LogP contribution >= 0.6 is 0 Å². The average Bonchev–Trinajstić information content (AvgIpc) is 2.02. The maximum Gasteiger partial charge on any atom is 0.307 e. The van der Waals surface area contributed by atoms with Crippen molar-refractivity contribution in [2.75, 3.05) is 0 Å². The maximum atomic E-state index is 12.7. The number of halogens is 2. The monoisotopic (exact) mass is 201 g/mol. The Hall–Kier alpha value is -1.52. The molecular weight excluding hydrogens is 192 g/mol. The van der Waals surface area contributed by atoms with Gasteiger partial charge in [-0.1, -0.05) is 6.07 Å². The Balaban J connectivity index is 2.84. The number of rotatable bonds is 3. The number of carboxylic acid groups (broad SMARTS) is 1. The fourth-order valence-electron chi connectivity index (χ4n) is 0.963. The van der Waals surface area contributed by atoms with Gasteiger partial charge in [-0.15, -0.1) is 0 Å². The molecule has 0 atom stereocenters. The van der Waals surface area contributed by atoms with E-state index in [0.29, 0.717) is 5.56 Å². The van der Waals surface area contributed by atoms with E-state index in [4.69, 9.17) is 5.11 Å². The van der Waals surface area contributed by atoms with Gasteiger partial charge in [0.05, 0.1) is 6.42 Å². The highest BCUT2D eigenvalue weighted by Gasteiger charge is 2.25. The van der Waals surface area contributed by atoms with E-state index < -0.39 is 11.9 Å². The Kier molecular flexibility index (Phi) is 2.78. The summed E-state index contributed by atoms with van der Waals surface area (Å²) in [6.45, 7) is 0.742. The van der Waals surface area contributed by atoms with E-state index in [1.54, 1.807) is 0 Å². The van der Waals surface area contributed by atoms with Crippen LogP contribution in [0, 0.1) is 0 Å². The number of aromatic nitrogens is 1. The van der Waals surface area contributed by atoms with Crippen LogP contribution in [0.4, 0.5) is 8.78 Å². The standard InChI is InChI=1S/C9H9F2NO2/c1-9(10,11)7-3-2-6(5-12-7)4-8(13)14/h2-3,5H,4H2,1H3,(H,13,14). The molecule has 0 radical (unpaired) electrons. The van der Waals surface area contributed by atoms with Gasteiger partial charge in [0.15, 0.2) is 0 Å². The quantitative estimate of drug-likeness (QED) is 0.811.